The Balaban J connectivity index is 1.85. The zero-order valence-corrected chi connectivity index (χ0v) is 15.0. The van der Waals surface area contributed by atoms with Gasteiger partial charge in [0.25, 0.3) is 0 Å². The number of anilines is 1. The third-order valence-corrected chi connectivity index (χ3v) is 4.65. The zero-order valence-electron chi connectivity index (χ0n) is 12.6. The Morgan fingerprint density at radius 1 is 1.24 bits per heavy atom. The van der Waals surface area contributed by atoms with E-state index < -0.39 is 11.6 Å². The van der Waals surface area contributed by atoms with Crippen molar-refractivity contribution in [1.82, 2.24) is 4.98 Å². The van der Waals surface area contributed by atoms with Gasteiger partial charge in [0.1, 0.15) is 28.3 Å². The van der Waals surface area contributed by atoms with E-state index in [1.165, 1.54) is 23.6 Å². The van der Waals surface area contributed by atoms with Crippen LogP contribution in [-0.2, 0) is 0 Å². The first kappa shape index (κ1) is 17.3. The normalized spacial score (nSPS) is 11.2. The number of nitriles is 1. The Bertz CT molecular complexity index is 992. The van der Waals surface area contributed by atoms with Gasteiger partial charge in [0.05, 0.1) is 11.4 Å². The van der Waals surface area contributed by atoms with Crippen LogP contribution in [0.3, 0.4) is 0 Å². The highest BCUT2D eigenvalue weighted by Gasteiger charge is 2.10. The maximum atomic E-state index is 13.6. The number of hydrogen-bond donors (Lipinski definition) is 1. The average molecular weight is 418 g/mol. The van der Waals surface area contributed by atoms with Gasteiger partial charge in [0.15, 0.2) is 0 Å². The van der Waals surface area contributed by atoms with Gasteiger partial charge in [-0.25, -0.2) is 13.8 Å². The number of rotatable bonds is 4. The Hall–Kier alpha value is -2.56. The molecule has 0 radical (unpaired) electrons. The highest BCUT2D eigenvalue weighted by Crippen LogP contribution is 2.28. The lowest BCUT2D eigenvalue weighted by Crippen LogP contribution is -1.94. The van der Waals surface area contributed by atoms with E-state index in [1.807, 2.05) is 35.7 Å². The van der Waals surface area contributed by atoms with Gasteiger partial charge in [-0.1, -0.05) is 28.1 Å². The van der Waals surface area contributed by atoms with Crippen molar-refractivity contribution in [3.05, 3.63) is 75.2 Å². The number of nitrogens with zero attached hydrogens (tertiary/aromatic N) is 2. The van der Waals surface area contributed by atoms with Crippen molar-refractivity contribution in [2.75, 3.05) is 5.32 Å². The van der Waals surface area contributed by atoms with Gasteiger partial charge >= 0.3 is 0 Å². The quantitative estimate of drug-likeness (QED) is 0.543. The topological polar surface area (TPSA) is 48.7 Å². The Kier molecular flexibility index (Phi) is 5.22. The molecule has 3 rings (SSSR count). The standard InChI is InChI=1S/C18H10BrF2N3S/c19-13-3-1-2-11(6-13)17-10-25-18(24-17)12(8-22)9-23-16-5-4-14(20)7-15(16)21/h1-7,9-10,23H/b12-9-. The second-order valence-corrected chi connectivity index (χ2v) is 6.76. The van der Waals surface area contributed by atoms with Crippen molar-refractivity contribution in [2.45, 2.75) is 0 Å². The lowest BCUT2D eigenvalue weighted by atomic mass is 10.2. The molecule has 2 aromatic carbocycles. The van der Waals surface area contributed by atoms with E-state index in [2.05, 4.69) is 26.2 Å². The number of nitrogens with one attached hydrogen (secondary N) is 1. The largest absolute Gasteiger partial charge is 0.358 e. The number of halogens is 3. The summed E-state index contributed by atoms with van der Waals surface area (Å²) in [4.78, 5) is 4.45. The summed E-state index contributed by atoms with van der Waals surface area (Å²) < 4.78 is 27.5. The van der Waals surface area contributed by atoms with Crippen LogP contribution >= 0.6 is 27.3 Å². The molecular weight excluding hydrogens is 408 g/mol. The van der Waals surface area contributed by atoms with Crippen LogP contribution in [0.1, 0.15) is 5.01 Å². The van der Waals surface area contributed by atoms with Crippen molar-refractivity contribution in [3.63, 3.8) is 0 Å². The second-order valence-electron chi connectivity index (χ2n) is 4.99. The molecule has 0 saturated heterocycles. The summed E-state index contributed by atoms with van der Waals surface area (Å²) in [6.45, 7) is 0. The molecule has 0 aliphatic carbocycles. The molecule has 124 valence electrons. The number of aromatic nitrogens is 1. The van der Waals surface area contributed by atoms with Gasteiger partial charge < -0.3 is 5.32 Å². The lowest BCUT2D eigenvalue weighted by Gasteiger charge is -2.03. The van der Waals surface area contributed by atoms with E-state index in [4.69, 9.17) is 0 Å². The lowest BCUT2D eigenvalue weighted by molar-refractivity contribution is 0.586. The molecule has 0 atom stereocenters. The minimum absolute atomic E-state index is 0.0814. The minimum atomic E-state index is -0.734. The Labute approximate surface area is 155 Å². The molecule has 0 spiro atoms. The first-order chi connectivity index (χ1) is 12.1. The molecule has 1 N–H and O–H groups in total. The van der Waals surface area contributed by atoms with Crippen LogP contribution in [0.5, 0.6) is 0 Å². The molecule has 0 aliphatic heterocycles. The zero-order chi connectivity index (χ0) is 17.8. The molecule has 7 heteroatoms. The van der Waals surface area contributed by atoms with Crippen LogP contribution in [0.2, 0.25) is 0 Å². The molecule has 0 amide bonds. The van der Waals surface area contributed by atoms with Crippen molar-refractivity contribution in [1.29, 1.82) is 5.26 Å². The first-order valence-electron chi connectivity index (χ1n) is 7.10. The van der Waals surface area contributed by atoms with Gasteiger partial charge in [-0.05, 0) is 24.3 Å². The minimum Gasteiger partial charge on any atom is -0.358 e. The summed E-state index contributed by atoms with van der Waals surface area (Å²) in [5, 5.41) is 14.4. The molecule has 1 heterocycles. The van der Waals surface area contributed by atoms with Gasteiger partial charge in [-0.3, -0.25) is 0 Å². The van der Waals surface area contributed by atoms with Gasteiger partial charge in [-0.2, -0.15) is 5.26 Å². The molecule has 3 nitrogen and oxygen atoms in total. The third-order valence-electron chi connectivity index (χ3n) is 3.28. The van der Waals surface area contributed by atoms with Crippen molar-refractivity contribution >= 4 is 38.5 Å². The fourth-order valence-electron chi connectivity index (χ4n) is 2.08. The van der Waals surface area contributed by atoms with E-state index >= 15 is 0 Å². The SMILES string of the molecule is N#C/C(=C/Nc1ccc(F)cc1F)c1nc(-c2cccc(Br)c2)cs1. The molecule has 1 aromatic heterocycles. The van der Waals surface area contributed by atoms with Crippen LogP contribution in [0.4, 0.5) is 14.5 Å². The summed E-state index contributed by atoms with van der Waals surface area (Å²) in [5.41, 5.74) is 2.01. The molecule has 0 fully saturated rings. The molecule has 25 heavy (non-hydrogen) atoms. The number of benzene rings is 2. The second kappa shape index (κ2) is 7.55. The van der Waals surface area contributed by atoms with E-state index in [9.17, 15) is 14.0 Å². The summed E-state index contributed by atoms with van der Waals surface area (Å²) in [7, 11) is 0. The van der Waals surface area contributed by atoms with Crippen molar-refractivity contribution in [2.24, 2.45) is 0 Å². The van der Waals surface area contributed by atoms with E-state index in [1.54, 1.807) is 0 Å². The fourth-order valence-corrected chi connectivity index (χ4v) is 3.27. The molecule has 0 aliphatic rings. The molecular formula is C18H10BrF2N3S. The first-order valence-corrected chi connectivity index (χ1v) is 8.78. The van der Waals surface area contributed by atoms with Crippen molar-refractivity contribution < 1.29 is 8.78 Å². The van der Waals surface area contributed by atoms with Gasteiger partial charge in [0, 0.05) is 27.7 Å². The Morgan fingerprint density at radius 2 is 2.08 bits per heavy atom. The molecule has 0 unspecified atom stereocenters. The van der Waals surface area contributed by atoms with E-state index in [0.29, 0.717) is 5.01 Å². The fraction of sp³-hybridized carbons (Fsp3) is 0. The number of allylic oxidation sites excluding steroid dienone is 1. The summed E-state index contributed by atoms with van der Waals surface area (Å²) in [6, 6.07) is 12.9. The van der Waals surface area contributed by atoms with Crippen LogP contribution in [0, 0.1) is 23.0 Å². The highest BCUT2D eigenvalue weighted by atomic mass is 79.9. The molecule has 0 saturated carbocycles. The monoisotopic (exact) mass is 417 g/mol. The molecule has 0 bridgehead atoms. The van der Waals surface area contributed by atoms with E-state index in [-0.39, 0.29) is 11.3 Å². The predicted molar refractivity (Wildman–Crippen MR) is 98.8 cm³/mol. The smallest absolute Gasteiger partial charge is 0.149 e. The third kappa shape index (κ3) is 4.10. The predicted octanol–water partition coefficient (Wildman–Crippen LogP) is 5.83. The maximum absolute atomic E-state index is 13.6. The van der Waals surface area contributed by atoms with Crippen LogP contribution in [0.25, 0.3) is 16.8 Å². The Morgan fingerprint density at radius 3 is 2.80 bits per heavy atom. The van der Waals surface area contributed by atoms with Gasteiger partial charge in [-0.15, -0.1) is 11.3 Å². The van der Waals surface area contributed by atoms with Crippen LogP contribution < -0.4 is 5.32 Å². The van der Waals surface area contributed by atoms with Crippen molar-refractivity contribution in [3.8, 4) is 17.3 Å². The number of thiazole rings is 1. The maximum Gasteiger partial charge on any atom is 0.149 e. The highest BCUT2D eigenvalue weighted by molar-refractivity contribution is 9.10. The molecule has 3 aromatic rings. The van der Waals surface area contributed by atoms with Crippen LogP contribution in [-0.4, -0.2) is 4.98 Å². The summed E-state index contributed by atoms with van der Waals surface area (Å²) in [5.74, 6) is -1.39. The number of hydrogen-bond acceptors (Lipinski definition) is 4. The van der Waals surface area contributed by atoms with E-state index in [0.717, 1.165) is 27.9 Å². The average Bonchev–Trinajstić information content (AvgIpc) is 3.07. The van der Waals surface area contributed by atoms with Gasteiger partial charge in [0.2, 0.25) is 0 Å². The summed E-state index contributed by atoms with van der Waals surface area (Å²) in [6.07, 6.45) is 1.36. The summed E-state index contributed by atoms with van der Waals surface area (Å²) >= 11 is 4.72. The van der Waals surface area contributed by atoms with Crippen LogP contribution in [0.15, 0.2) is 58.5 Å².